The van der Waals surface area contributed by atoms with E-state index in [4.69, 9.17) is 11.6 Å². The molecule has 29 heavy (non-hydrogen) atoms. The number of sulfonamides is 1. The van der Waals surface area contributed by atoms with Crippen molar-refractivity contribution in [3.63, 3.8) is 0 Å². The quantitative estimate of drug-likeness (QED) is 0.614. The van der Waals surface area contributed by atoms with Crippen molar-refractivity contribution in [3.05, 3.63) is 65.2 Å². The van der Waals surface area contributed by atoms with Gasteiger partial charge in [-0.05, 0) is 42.5 Å². The number of hydrogen-bond acceptors (Lipinski definition) is 3. The first-order valence-corrected chi connectivity index (χ1v) is 12.0. The fourth-order valence-electron chi connectivity index (χ4n) is 3.38. The first-order valence-electron chi connectivity index (χ1n) is 9.73. The summed E-state index contributed by atoms with van der Waals surface area (Å²) in [6.45, 7) is 5.98. The fraction of sp³-hybridized carbons (Fsp3) is 0.409. The Hall–Kier alpha value is -2.05. The summed E-state index contributed by atoms with van der Waals surface area (Å²) < 4.78 is 26.3. The van der Waals surface area contributed by atoms with Gasteiger partial charge in [0.15, 0.2) is 0 Å². The number of hydrogen-bond donors (Lipinski definition) is 1. The van der Waals surface area contributed by atoms with Crippen LogP contribution in [0.5, 0.6) is 0 Å². The minimum absolute atomic E-state index is 0.196. The molecule has 7 heteroatoms. The van der Waals surface area contributed by atoms with Crippen molar-refractivity contribution in [2.24, 2.45) is 5.92 Å². The standard InChI is InChI=1S/C22H29ClN2O3S/c1-5-21(25(29(4,27)28)19-13-9-12-18(23)15-19)22(26)24-20(14-16(2)3)17-10-7-6-8-11-17/h6-13,15-16,20-21H,5,14H2,1-4H3,(H,24,26)/t20-,21+/m1/s1. The first-order chi connectivity index (χ1) is 13.6. The number of carbonyl (C=O) groups is 1. The molecule has 158 valence electrons. The summed E-state index contributed by atoms with van der Waals surface area (Å²) >= 11 is 6.07. The Balaban J connectivity index is 2.37. The van der Waals surface area contributed by atoms with Gasteiger partial charge >= 0.3 is 0 Å². The van der Waals surface area contributed by atoms with Crippen molar-refractivity contribution < 1.29 is 13.2 Å². The average Bonchev–Trinajstić information content (AvgIpc) is 2.64. The molecule has 2 aromatic rings. The van der Waals surface area contributed by atoms with E-state index in [1.807, 2.05) is 30.3 Å². The molecule has 0 saturated heterocycles. The van der Waals surface area contributed by atoms with Gasteiger partial charge in [0.2, 0.25) is 15.9 Å². The molecule has 1 N–H and O–H groups in total. The van der Waals surface area contributed by atoms with Gasteiger partial charge in [0.05, 0.1) is 18.0 Å². The van der Waals surface area contributed by atoms with Crippen LogP contribution in [0.15, 0.2) is 54.6 Å². The summed E-state index contributed by atoms with van der Waals surface area (Å²) in [7, 11) is -3.70. The van der Waals surface area contributed by atoms with Gasteiger partial charge in [-0.15, -0.1) is 0 Å². The highest BCUT2D eigenvalue weighted by Crippen LogP contribution is 2.27. The highest BCUT2D eigenvalue weighted by Gasteiger charge is 2.33. The molecule has 0 spiro atoms. The third-order valence-electron chi connectivity index (χ3n) is 4.62. The number of halogens is 1. The smallest absolute Gasteiger partial charge is 0.244 e. The van der Waals surface area contributed by atoms with E-state index < -0.39 is 16.1 Å². The maximum absolute atomic E-state index is 13.2. The summed E-state index contributed by atoms with van der Waals surface area (Å²) in [5, 5.41) is 3.49. The lowest BCUT2D eigenvalue weighted by molar-refractivity contribution is -0.123. The molecular formula is C22H29ClN2O3S. The van der Waals surface area contributed by atoms with Crippen molar-refractivity contribution in [3.8, 4) is 0 Å². The van der Waals surface area contributed by atoms with Crippen molar-refractivity contribution in [2.75, 3.05) is 10.6 Å². The summed E-state index contributed by atoms with van der Waals surface area (Å²) in [6, 6.07) is 15.2. The molecule has 0 aliphatic rings. The van der Waals surface area contributed by atoms with Gasteiger partial charge in [0.1, 0.15) is 6.04 Å². The first kappa shape index (κ1) is 23.2. The second kappa shape index (κ2) is 10.1. The average molecular weight is 437 g/mol. The molecule has 0 bridgehead atoms. The van der Waals surface area contributed by atoms with Gasteiger partial charge < -0.3 is 5.32 Å². The molecule has 0 unspecified atom stereocenters. The van der Waals surface area contributed by atoms with Crippen molar-refractivity contribution in [1.82, 2.24) is 5.32 Å². The molecule has 0 heterocycles. The van der Waals surface area contributed by atoms with Gasteiger partial charge in [-0.2, -0.15) is 0 Å². The van der Waals surface area contributed by atoms with Crippen LogP contribution >= 0.6 is 11.6 Å². The van der Waals surface area contributed by atoms with E-state index >= 15 is 0 Å². The van der Waals surface area contributed by atoms with Crippen LogP contribution in [0.2, 0.25) is 5.02 Å². The Labute approximate surface area is 179 Å². The topological polar surface area (TPSA) is 66.5 Å². The van der Waals surface area contributed by atoms with E-state index in [0.717, 1.165) is 22.5 Å². The van der Waals surface area contributed by atoms with E-state index in [0.29, 0.717) is 23.0 Å². The predicted molar refractivity (Wildman–Crippen MR) is 120 cm³/mol. The second-order valence-corrected chi connectivity index (χ2v) is 9.86. The lowest BCUT2D eigenvalue weighted by Gasteiger charge is -2.32. The lowest BCUT2D eigenvalue weighted by atomic mass is 9.96. The molecule has 5 nitrogen and oxygen atoms in total. The molecule has 0 aromatic heterocycles. The van der Waals surface area contributed by atoms with Crippen LogP contribution < -0.4 is 9.62 Å². The molecule has 0 radical (unpaired) electrons. The van der Waals surface area contributed by atoms with E-state index in [9.17, 15) is 13.2 Å². The predicted octanol–water partition coefficient (Wildman–Crippen LogP) is 4.79. The molecule has 0 aliphatic carbocycles. The van der Waals surface area contributed by atoms with Crippen LogP contribution in [-0.4, -0.2) is 26.6 Å². The molecule has 0 saturated carbocycles. The summed E-state index contributed by atoms with van der Waals surface area (Å²) in [5.41, 5.74) is 1.38. The number of carbonyl (C=O) groups excluding carboxylic acids is 1. The monoisotopic (exact) mass is 436 g/mol. The van der Waals surface area contributed by atoms with E-state index in [1.54, 1.807) is 31.2 Å². The Bertz CT molecular complexity index is 917. The molecule has 2 atom stereocenters. The van der Waals surface area contributed by atoms with E-state index in [1.165, 1.54) is 0 Å². The van der Waals surface area contributed by atoms with Crippen LogP contribution in [-0.2, 0) is 14.8 Å². The zero-order valence-electron chi connectivity index (χ0n) is 17.3. The molecule has 0 fully saturated rings. The van der Waals surface area contributed by atoms with Crippen LogP contribution in [0.3, 0.4) is 0 Å². The maximum Gasteiger partial charge on any atom is 0.244 e. The van der Waals surface area contributed by atoms with Crippen molar-refractivity contribution in [1.29, 1.82) is 0 Å². The largest absolute Gasteiger partial charge is 0.347 e. The third kappa shape index (κ3) is 6.47. The van der Waals surface area contributed by atoms with Crippen LogP contribution in [0, 0.1) is 5.92 Å². The Kier molecular flexibility index (Phi) is 8.11. The Morgan fingerprint density at radius 3 is 2.28 bits per heavy atom. The second-order valence-electron chi connectivity index (χ2n) is 7.56. The normalized spacial score (nSPS) is 13.7. The number of nitrogens with one attached hydrogen (secondary N) is 1. The van der Waals surface area contributed by atoms with E-state index in [2.05, 4.69) is 19.2 Å². The highest BCUT2D eigenvalue weighted by atomic mass is 35.5. The van der Waals surface area contributed by atoms with Crippen LogP contribution in [0.25, 0.3) is 0 Å². The zero-order valence-corrected chi connectivity index (χ0v) is 18.9. The minimum atomic E-state index is -3.70. The number of anilines is 1. The lowest BCUT2D eigenvalue weighted by Crippen LogP contribution is -2.50. The number of amides is 1. The summed E-state index contributed by atoms with van der Waals surface area (Å²) in [5.74, 6) is 0.0342. The molecule has 0 aliphatic heterocycles. The highest BCUT2D eigenvalue weighted by molar-refractivity contribution is 7.92. The number of rotatable bonds is 9. The fourth-order valence-corrected chi connectivity index (χ4v) is 4.76. The molecule has 2 aromatic carbocycles. The summed E-state index contributed by atoms with van der Waals surface area (Å²) in [4.78, 5) is 13.2. The van der Waals surface area contributed by atoms with Gasteiger partial charge in [-0.1, -0.05) is 68.8 Å². The number of benzene rings is 2. The SMILES string of the molecule is CC[C@@H](C(=O)N[C@H](CC(C)C)c1ccccc1)N(c1cccc(Cl)c1)S(C)(=O)=O. The van der Waals surface area contributed by atoms with Crippen molar-refractivity contribution in [2.45, 2.75) is 45.7 Å². The van der Waals surface area contributed by atoms with Gasteiger partial charge in [-0.25, -0.2) is 8.42 Å². The van der Waals surface area contributed by atoms with E-state index in [-0.39, 0.29) is 11.9 Å². The minimum Gasteiger partial charge on any atom is -0.347 e. The number of nitrogens with zero attached hydrogens (tertiary/aromatic N) is 1. The Morgan fingerprint density at radius 2 is 1.76 bits per heavy atom. The van der Waals surface area contributed by atoms with Crippen LogP contribution in [0.1, 0.15) is 45.2 Å². The van der Waals surface area contributed by atoms with Crippen LogP contribution in [0.4, 0.5) is 5.69 Å². The zero-order chi connectivity index (χ0) is 21.6. The summed E-state index contributed by atoms with van der Waals surface area (Å²) in [6.07, 6.45) is 2.18. The third-order valence-corrected chi connectivity index (χ3v) is 6.03. The van der Waals surface area contributed by atoms with Gasteiger partial charge in [-0.3, -0.25) is 9.10 Å². The molecule has 2 rings (SSSR count). The molecular weight excluding hydrogens is 408 g/mol. The maximum atomic E-state index is 13.2. The van der Waals surface area contributed by atoms with Gasteiger partial charge in [0.25, 0.3) is 0 Å². The molecule has 1 amide bonds. The Morgan fingerprint density at radius 1 is 1.10 bits per heavy atom. The van der Waals surface area contributed by atoms with Gasteiger partial charge in [0, 0.05) is 5.02 Å². The van der Waals surface area contributed by atoms with Crippen molar-refractivity contribution >= 4 is 33.2 Å².